The molecule has 0 amide bonds. The number of nitrogens with zero attached hydrogens (tertiary/aromatic N) is 2. The van der Waals surface area contributed by atoms with E-state index in [1.54, 1.807) is 6.07 Å². The van der Waals surface area contributed by atoms with E-state index in [9.17, 15) is 4.79 Å². The number of hydrogen-bond acceptors (Lipinski definition) is 2. The predicted octanol–water partition coefficient (Wildman–Crippen LogP) is 6.06. The molecule has 0 atom stereocenters. The van der Waals surface area contributed by atoms with Gasteiger partial charge in [-0.25, -0.2) is 0 Å². The van der Waals surface area contributed by atoms with Gasteiger partial charge in [-0.15, -0.1) is 0 Å². The molecule has 0 unspecified atom stereocenters. The molecule has 146 valence electrons. The Morgan fingerprint density at radius 1 is 0.800 bits per heavy atom. The first-order valence-corrected chi connectivity index (χ1v) is 11.4. The van der Waals surface area contributed by atoms with Gasteiger partial charge in [-0.1, -0.05) is 71.1 Å². The fourth-order valence-electron chi connectivity index (χ4n) is 3.89. The summed E-state index contributed by atoms with van der Waals surface area (Å²) in [6.07, 6.45) is 2.72. The second-order valence-corrected chi connectivity index (χ2v) is 8.15. The van der Waals surface area contributed by atoms with Crippen LogP contribution in [0.25, 0.3) is 27.5 Å². The third-order valence-electron chi connectivity index (χ3n) is 5.38. The van der Waals surface area contributed by atoms with E-state index >= 15 is 0 Å². The molecule has 0 aliphatic heterocycles. The zero-order chi connectivity index (χ0) is 20.5. The van der Waals surface area contributed by atoms with Gasteiger partial charge in [0.05, 0.1) is 11.0 Å². The van der Waals surface area contributed by atoms with E-state index in [0.29, 0.717) is 0 Å². The van der Waals surface area contributed by atoms with Crippen molar-refractivity contribution in [1.82, 2.24) is 9.55 Å². The number of fused-ring (bicyclic) bond motifs is 3. The average molecular weight is 502 g/mol. The smallest absolute Gasteiger partial charge is 0.255 e. The normalized spacial score (nSPS) is 11.2. The maximum Gasteiger partial charge on any atom is 0.255 e. The Morgan fingerprint density at radius 2 is 1.53 bits per heavy atom. The summed E-state index contributed by atoms with van der Waals surface area (Å²) in [5, 5.41) is 1.97. The summed E-state index contributed by atoms with van der Waals surface area (Å²) in [4.78, 5) is 17.5. The third kappa shape index (κ3) is 3.52. The van der Waals surface area contributed by atoms with Crippen LogP contribution in [0.1, 0.15) is 16.7 Å². The second-order valence-electron chi connectivity index (χ2n) is 7.38. The minimum Gasteiger partial charge on any atom is -0.276 e. The Bertz CT molecular complexity index is 1410. The Morgan fingerprint density at radius 3 is 2.30 bits per heavy atom. The van der Waals surface area contributed by atoms with Gasteiger partial charge in [0.2, 0.25) is 0 Å². The van der Waals surface area contributed by atoms with Crippen LogP contribution in [0.15, 0.2) is 95.9 Å². The van der Waals surface area contributed by atoms with Crippen LogP contribution in [0.4, 0.5) is 0 Å². The van der Waals surface area contributed by atoms with Gasteiger partial charge in [0.15, 0.2) is 0 Å². The molecular weight excluding hydrogens is 483 g/mol. The van der Waals surface area contributed by atoms with Crippen LogP contribution in [0.2, 0.25) is 0 Å². The lowest BCUT2D eigenvalue weighted by molar-refractivity contribution is 1.04. The lowest BCUT2D eigenvalue weighted by Gasteiger charge is -2.13. The van der Waals surface area contributed by atoms with Crippen LogP contribution in [0.5, 0.6) is 0 Å². The molecule has 3 nitrogen and oxygen atoms in total. The minimum atomic E-state index is -0.0364. The van der Waals surface area contributed by atoms with Crippen molar-refractivity contribution in [3.05, 3.63) is 118 Å². The first kappa shape index (κ1) is 19.0. The van der Waals surface area contributed by atoms with Crippen molar-refractivity contribution in [2.75, 3.05) is 0 Å². The van der Waals surface area contributed by atoms with E-state index in [1.807, 2.05) is 41.1 Å². The van der Waals surface area contributed by atoms with E-state index in [4.69, 9.17) is 0 Å². The van der Waals surface area contributed by atoms with E-state index in [-0.39, 0.29) is 5.56 Å². The van der Waals surface area contributed by atoms with Gasteiger partial charge in [-0.3, -0.25) is 14.3 Å². The fraction of sp³-hybridized carbons (Fsp3) is 0.0769. The largest absolute Gasteiger partial charge is 0.276 e. The van der Waals surface area contributed by atoms with E-state index in [1.165, 1.54) is 16.7 Å². The summed E-state index contributed by atoms with van der Waals surface area (Å²) in [7, 11) is 0. The quantitative estimate of drug-likeness (QED) is 0.170. The number of benzene rings is 3. The molecule has 0 saturated heterocycles. The van der Waals surface area contributed by atoms with Crippen LogP contribution >= 0.6 is 22.6 Å². The maximum atomic E-state index is 12.9. The van der Waals surface area contributed by atoms with Gasteiger partial charge in [-0.2, -0.15) is 0 Å². The molecule has 2 heterocycles. The zero-order valence-electron chi connectivity index (χ0n) is 16.3. The molecule has 0 N–H and O–H groups in total. The highest BCUT2D eigenvalue weighted by molar-refractivity contribution is 14.1. The molecule has 0 saturated carbocycles. The van der Waals surface area contributed by atoms with Crippen LogP contribution in [-0.4, -0.2) is 9.55 Å². The lowest BCUT2D eigenvalue weighted by atomic mass is 10.0. The molecule has 0 fully saturated rings. The van der Waals surface area contributed by atoms with Crippen LogP contribution in [0, 0.1) is 0 Å². The van der Waals surface area contributed by atoms with Gasteiger partial charge in [0, 0.05) is 33.2 Å². The van der Waals surface area contributed by atoms with E-state index in [0.717, 1.165) is 38.3 Å². The molecule has 5 aromatic rings. The summed E-state index contributed by atoms with van der Waals surface area (Å²) in [6, 6.07) is 28.5. The predicted molar refractivity (Wildman–Crippen MR) is 132 cm³/mol. The molecule has 0 radical (unpaired) electrons. The molecule has 5 rings (SSSR count). The van der Waals surface area contributed by atoms with Crippen molar-refractivity contribution < 1.29 is 0 Å². The summed E-state index contributed by atoms with van der Waals surface area (Å²) in [5.74, 6) is 0. The number of rotatable bonds is 4. The average Bonchev–Trinajstić information content (AvgIpc) is 2.80. The molecule has 0 aliphatic carbocycles. The molecule has 0 bridgehead atoms. The van der Waals surface area contributed by atoms with Crippen molar-refractivity contribution in [1.29, 1.82) is 0 Å². The standard InChI is InChI=1S/C26H19IN2O/c27-16-20-8-12-24-23(15-20)26-21(17-28-24)9-13-25(30)29(26)22-10-6-19(7-11-22)14-18-4-2-1-3-5-18/h1-13,15,17H,14,16H2. The van der Waals surface area contributed by atoms with E-state index < -0.39 is 0 Å². The first-order valence-electron chi connectivity index (χ1n) is 9.85. The number of alkyl halides is 1. The maximum absolute atomic E-state index is 12.9. The van der Waals surface area contributed by atoms with Crippen LogP contribution < -0.4 is 5.56 Å². The van der Waals surface area contributed by atoms with Crippen molar-refractivity contribution in [2.24, 2.45) is 0 Å². The fourth-order valence-corrected chi connectivity index (χ4v) is 4.37. The van der Waals surface area contributed by atoms with Crippen molar-refractivity contribution >= 4 is 44.4 Å². The minimum absolute atomic E-state index is 0.0364. The number of aromatic nitrogens is 2. The Hall–Kier alpha value is -2.99. The molecule has 2 aromatic heterocycles. The summed E-state index contributed by atoms with van der Waals surface area (Å²) < 4.78 is 2.72. The molecule has 30 heavy (non-hydrogen) atoms. The van der Waals surface area contributed by atoms with Gasteiger partial charge in [0.25, 0.3) is 5.56 Å². The molecular formula is C26H19IN2O. The monoisotopic (exact) mass is 502 g/mol. The highest BCUT2D eigenvalue weighted by Crippen LogP contribution is 2.26. The second kappa shape index (κ2) is 8.03. The zero-order valence-corrected chi connectivity index (χ0v) is 18.4. The number of halogens is 1. The van der Waals surface area contributed by atoms with Gasteiger partial charge >= 0.3 is 0 Å². The highest BCUT2D eigenvalue weighted by Gasteiger charge is 2.11. The van der Waals surface area contributed by atoms with Gasteiger partial charge in [-0.05, 0) is 53.4 Å². The van der Waals surface area contributed by atoms with Crippen LogP contribution in [0.3, 0.4) is 0 Å². The van der Waals surface area contributed by atoms with Crippen LogP contribution in [-0.2, 0) is 10.8 Å². The molecule has 0 aliphatic rings. The van der Waals surface area contributed by atoms with Crippen molar-refractivity contribution in [3.63, 3.8) is 0 Å². The molecule has 4 heteroatoms. The molecule has 0 spiro atoms. The van der Waals surface area contributed by atoms with Gasteiger partial charge in [0.1, 0.15) is 0 Å². The SMILES string of the molecule is O=c1ccc2cnc3ccc(CI)cc3c2n1-c1ccc(Cc2ccccc2)cc1. The number of pyridine rings is 2. The third-order valence-corrected chi connectivity index (χ3v) is 6.26. The van der Waals surface area contributed by atoms with E-state index in [2.05, 4.69) is 76.1 Å². The summed E-state index contributed by atoms with van der Waals surface area (Å²) in [5.41, 5.74) is 6.36. The summed E-state index contributed by atoms with van der Waals surface area (Å²) in [6.45, 7) is 0. The van der Waals surface area contributed by atoms with Crippen molar-refractivity contribution in [2.45, 2.75) is 10.8 Å². The molecule has 3 aromatic carbocycles. The topological polar surface area (TPSA) is 34.9 Å². The highest BCUT2D eigenvalue weighted by atomic mass is 127. The van der Waals surface area contributed by atoms with Gasteiger partial charge < -0.3 is 0 Å². The first-order chi connectivity index (χ1) is 14.7. The summed E-state index contributed by atoms with van der Waals surface area (Å²) >= 11 is 2.36. The Labute approximate surface area is 188 Å². The Balaban J connectivity index is 1.67. The number of hydrogen-bond donors (Lipinski definition) is 0. The lowest BCUT2D eigenvalue weighted by Crippen LogP contribution is -2.17. The Kier molecular flexibility index (Phi) is 5.09. The van der Waals surface area contributed by atoms with Crippen molar-refractivity contribution in [3.8, 4) is 5.69 Å².